The van der Waals surface area contributed by atoms with Crippen molar-refractivity contribution in [1.29, 1.82) is 0 Å². The third-order valence-electron chi connectivity index (χ3n) is 4.92. The molecule has 140 valence electrons. The van der Waals surface area contributed by atoms with Crippen LogP contribution in [0.5, 0.6) is 0 Å². The van der Waals surface area contributed by atoms with Crippen LogP contribution in [0.15, 0.2) is 55.0 Å². The highest BCUT2D eigenvalue weighted by atomic mass is 35.5. The SMILES string of the molecule is Clc1ccccc1N1CCN(CCCn2cc(-c3cccnc3)nn2)CC1. The first-order valence-electron chi connectivity index (χ1n) is 9.32. The molecule has 2 aromatic heterocycles. The highest BCUT2D eigenvalue weighted by molar-refractivity contribution is 6.33. The number of benzene rings is 1. The molecule has 1 aromatic carbocycles. The van der Waals surface area contributed by atoms with E-state index < -0.39 is 0 Å². The summed E-state index contributed by atoms with van der Waals surface area (Å²) in [5, 5.41) is 9.31. The maximum absolute atomic E-state index is 6.32. The molecule has 0 bridgehead atoms. The van der Waals surface area contributed by atoms with Crippen LogP contribution in [0.1, 0.15) is 6.42 Å². The number of hydrogen-bond donors (Lipinski definition) is 0. The summed E-state index contributed by atoms with van der Waals surface area (Å²) in [6.07, 6.45) is 6.63. The zero-order chi connectivity index (χ0) is 18.5. The van der Waals surface area contributed by atoms with Crippen molar-refractivity contribution in [2.45, 2.75) is 13.0 Å². The fourth-order valence-electron chi connectivity index (χ4n) is 3.43. The summed E-state index contributed by atoms with van der Waals surface area (Å²) in [6, 6.07) is 12.0. The van der Waals surface area contributed by atoms with E-state index in [1.165, 1.54) is 0 Å². The summed E-state index contributed by atoms with van der Waals surface area (Å²) < 4.78 is 1.92. The lowest BCUT2D eigenvalue weighted by molar-refractivity contribution is 0.249. The molecule has 3 heterocycles. The average Bonchev–Trinajstić information content (AvgIpc) is 3.19. The first-order valence-corrected chi connectivity index (χ1v) is 9.70. The van der Waals surface area contributed by atoms with Crippen LogP contribution in [0.3, 0.4) is 0 Å². The monoisotopic (exact) mass is 382 g/mol. The van der Waals surface area contributed by atoms with Gasteiger partial charge in [0.25, 0.3) is 0 Å². The van der Waals surface area contributed by atoms with Crippen molar-refractivity contribution in [3.8, 4) is 11.3 Å². The molecule has 1 aliphatic rings. The topological polar surface area (TPSA) is 50.1 Å². The van der Waals surface area contributed by atoms with Gasteiger partial charge in [0.15, 0.2) is 0 Å². The molecule has 1 saturated heterocycles. The van der Waals surface area contributed by atoms with Crippen LogP contribution in [-0.2, 0) is 6.54 Å². The van der Waals surface area contributed by atoms with Crippen LogP contribution in [0.25, 0.3) is 11.3 Å². The third-order valence-corrected chi connectivity index (χ3v) is 5.24. The van der Waals surface area contributed by atoms with Crippen LogP contribution >= 0.6 is 11.6 Å². The van der Waals surface area contributed by atoms with E-state index in [2.05, 4.69) is 31.2 Å². The first-order chi connectivity index (χ1) is 13.3. The van der Waals surface area contributed by atoms with Crippen molar-refractivity contribution < 1.29 is 0 Å². The van der Waals surface area contributed by atoms with E-state index in [0.29, 0.717) is 0 Å². The predicted octanol–water partition coefficient (Wildman–Crippen LogP) is 3.21. The van der Waals surface area contributed by atoms with Crippen molar-refractivity contribution >= 4 is 17.3 Å². The quantitative estimate of drug-likeness (QED) is 0.655. The highest BCUT2D eigenvalue weighted by Gasteiger charge is 2.18. The van der Waals surface area contributed by atoms with E-state index >= 15 is 0 Å². The molecule has 0 spiro atoms. The minimum absolute atomic E-state index is 0.835. The van der Waals surface area contributed by atoms with Gasteiger partial charge in [-0.05, 0) is 30.7 Å². The second kappa shape index (κ2) is 8.50. The van der Waals surface area contributed by atoms with E-state index in [-0.39, 0.29) is 0 Å². The Morgan fingerprint density at radius 2 is 1.81 bits per heavy atom. The molecular weight excluding hydrogens is 360 g/mol. The molecule has 0 unspecified atom stereocenters. The Labute approximate surface area is 164 Å². The lowest BCUT2D eigenvalue weighted by Crippen LogP contribution is -2.46. The Kier molecular flexibility index (Phi) is 5.65. The van der Waals surface area contributed by atoms with Crippen molar-refractivity contribution in [2.24, 2.45) is 0 Å². The summed E-state index contributed by atoms with van der Waals surface area (Å²) in [6.45, 7) is 6.08. The van der Waals surface area contributed by atoms with Gasteiger partial charge in [0.1, 0.15) is 5.69 Å². The third kappa shape index (κ3) is 4.46. The largest absolute Gasteiger partial charge is 0.368 e. The van der Waals surface area contributed by atoms with Crippen molar-refractivity contribution in [3.05, 3.63) is 60.0 Å². The van der Waals surface area contributed by atoms with Crippen LogP contribution in [0.2, 0.25) is 5.02 Å². The summed E-state index contributed by atoms with van der Waals surface area (Å²) >= 11 is 6.32. The number of halogens is 1. The number of hydrogen-bond acceptors (Lipinski definition) is 5. The Hall–Kier alpha value is -2.44. The van der Waals surface area contributed by atoms with Gasteiger partial charge in [-0.3, -0.25) is 14.6 Å². The number of aryl methyl sites for hydroxylation is 1. The fourth-order valence-corrected chi connectivity index (χ4v) is 3.69. The average molecular weight is 383 g/mol. The first kappa shape index (κ1) is 17.9. The maximum atomic E-state index is 6.32. The molecule has 0 amide bonds. The summed E-state index contributed by atoms with van der Waals surface area (Å²) in [5.74, 6) is 0. The summed E-state index contributed by atoms with van der Waals surface area (Å²) in [5.41, 5.74) is 3.01. The number of aromatic nitrogens is 4. The van der Waals surface area contributed by atoms with E-state index in [9.17, 15) is 0 Å². The smallest absolute Gasteiger partial charge is 0.114 e. The van der Waals surface area contributed by atoms with Gasteiger partial charge in [-0.25, -0.2) is 0 Å². The molecule has 0 atom stereocenters. The van der Waals surface area contributed by atoms with Gasteiger partial charge in [-0.1, -0.05) is 28.9 Å². The van der Waals surface area contributed by atoms with Gasteiger partial charge >= 0.3 is 0 Å². The van der Waals surface area contributed by atoms with Crippen molar-refractivity contribution in [3.63, 3.8) is 0 Å². The molecule has 27 heavy (non-hydrogen) atoms. The molecule has 1 aliphatic heterocycles. The molecular formula is C20H23ClN6. The Morgan fingerprint density at radius 1 is 0.963 bits per heavy atom. The number of para-hydroxylation sites is 1. The minimum atomic E-state index is 0.835. The van der Waals surface area contributed by atoms with Gasteiger partial charge in [-0.2, -0.15) is 0 Å². The Bertz CT molecular complexity index is 858. The molecule has 4 rings (SSSR count). The molecule has 1 fully saturated rings. The fraction of sp³-hybridized carbons (Fsp3) is 0.350. The Balaban J connectivity index is 1.23. The van der Waals surface area contributed by atoms with Gasteiger partial charge in [0.2, 0.25) is 0 Å². The van der Waals surface area contributed by atoms with Crippen LogP contribution in [0.4, 0.5) is 5.69 Å². The molecule has 0 saturated carbocycles. The Morgan fingerprint density at radius 3 is 2.59 bits per heavy atom. The number of rotatable bonds is 6. The van der Waals surface area contributed by atoms with Crippen molar-refractivity contribution in [1.82, 2.24) is 24.9 Å². The molecule has 0 aliphatic carbocycles. The summed E-state index contributed by atoms with van der Waals surface area (Å²) in [7, 11) is 0. The van der Waals surface area contributed by atoms with Gasteiger partial charge in [-0.15, -0.1) is 5.10 Å². The zero-order valence-electron chi connectivity index (χ0n) is 15.2. The van der Waals surface area contributed by atoms with E-state index in [1.807, 2.05) is 47.4 Å². The zero-order valence-corrected chi connectivity index (χ0v) is 16.0. The number of anilines is 1. The van der Waals surface area contributed by atoms with E-state index in [0.717, 1.165) is 67.7 Å². The van der Waals surface area contributed by atoms with Crippen LogP contribution in [-0.4, -0.2) is 57.6 Å². The lowest BCUT2D eigenvalue weighted by atomic mass is 10.2. The summed E-state index contributed by atoms with van der Waals surface area (Å²) in [4.78, 5) is 9.01. The van der Waals surface area contributed by atoms with Gasteiger partial charge < -0.3 is 4.90 Å². The van der Waals surface area contributed by atoms with E-state index in [1.54, 1.807) is 6.20 Å². The van der Waals surface area contributed by atoms with Crippen molar-refractivity contribution in [2.75, 3.05) is 37.6 Å². The second-order valence-corrected chi connectivity index (χ2v) is 7.15. The van der Waals surface area contributed by atoms with Gasteiger partial charge in [0.05, 0.1) is 16.9 Å². The standard InChI is InChI=1S/C20H23ClN6/c21-18-6-1-2-7-20(18)26-13-11-25(12-14-26)9-4-10-27-16-19(23-24-27)17-5-3-8-22-15-17/h1-3,5-8,15-16H,4,9-14H2. The highest BCUT2D eigenvalue weighted by Crippen LogP contribution is 2.26. The molecule has 7 heteroatoms. The molecule has 3 aromatic rings. The molecule has 0 radical (unpaired) electrons. The molecule has 6 nitrogen and oxygen atoms in total. The normalized spacial score (nSPS) is 15.2. The van der Waals surface area contributed by atoms with Crippen LogP contribution < -0.4 is 4.90 Å². The maximum Gasteiger partial charge on any atom is 0.114 e. The van der Waals surface area contributed by atoms with Crippen LogP contribution in [0, 0.1) is 0 Å². The lowest BCUT2D eigenvalue weighted by Gasteiger charge is -2.36. The van der Waals surface area contributed by atoms with E-state index in [4.69, 9.17) is 11.6 Å². The number of piperazine rings is 1. The minimum Gasteiger partial charge on any atom is -0.368 e. The molecule has 0 N–H and O–H groups in total. The number of nitrogens with zero attached hydrogens (tertiary/aromatic N) is 6. The number of pyridine rings is 1. The van der Waals surface area contributed by atoms with Gasteiger partial charge in [0, 0.05) is 57.2 Å². The second-order valence-electron chi connectivity index (χ2n) is 6.74. The predicted molar refractivity (Wildman–Crippen MR) is 108 cm³/mol.